The van der Waals surface area contributed by atoms with Gasteiger partial charge in [-0.15, -0.1) is 22.6 Å². The molecule has 1 aromatic carbocycles. The molecule has 0 atom stereocenters. The number of likely N-dealkylation sites (tertiary alicyclic amines) is 1. The first kappa shape index (κ1) is 20.5. The molecule has 2 aromatic rings. The van der Waals surface area contributed by atoms with Crippen molar-refractivity contribution >= 4 is 58.1 Å². The van der Waals surface area contributed by atoms with Crippen molar-refractivity contribution in [1.82, 2.24) is 15.1 Å². The van der Waals surface area contributed by atoms with Crippen LogP contribution in [0.1, 0.15) is 29.6 Å². The normalized spacial score (nSPS) is 14.8. The number of nitrogens with zero attached hydrogens (tertiary/aromatic N) is 3. The fourth-order valence-electron chi connectivity index (χ4n) is 2.57. The summed E-state index contributed by atoms with van der Waals surface area (Å²) in [5.41, 5.74) is 0.439. The van der Waals surface area contributed by atoms with Crippen LogP contribution < -0.4 is 5.32 Å². The maximum Gasteiger partial charge on any atom is 0.259 e. The summed E-state index contributed by atoms with van der Waals surface area (Å²) in [6, 6.07) is 6.95. The number of amides is 1. The molecule has 1 aliphatic heterocycles. The van der Waals surface area contributed by atoms with Crippen LogP contribution in [0.15, 0.2) is 28.6 Å². The van der Waals surface area contributed by atoms with Gasteiger partial charge < -0.3 is 4.90 Å². The third-order valence-electron chi connectivity index (χ3n) is 3.83. The number of hydrogen-bond donors (Lipinski definition) is 1. The van der Waals surface area contributed by atoms with E-state index >= 15 is 0 Å². The highest BCUT2D eigenvalue weighted by atomic mass is 35.5. The largest absolute Gasteiger partial charge is 0.303 e. The number of benzene rings is 1. The van der Waals surface area contributed by atoms with Gasteiger partial charge in [-0.1, -0.05) is 53.3 Å². The van der Waals surface area contributed by atoms with Crippen molar-refractivity contribution in [3.63, 3.8) is 0 Å². The monoisotopic (exact) mass is 418 g/mol. The molecule has 0 spiro atoms. The Hall–Kier alpha value is -0.860. The first-order chi connectivity index (χ1) is 11.7. The smallest absolute Gasteiger partial charge is 0.259 e. The number of carbonyl (C=O) groups is 1. The van der Waals surface area contributed by atoms with Crippen LogP contribution in [-0.4, -0.2) is 46.4 Å². The molecule has 0 radical (unpaired) electrons. The second-order valence-electron chi connectivity index (χ2n) is 5.56. The second-order valence-corrected chi connectivity index (χ2v) is 8.28. The number of hydrogen-bond acceptors (Lipinski definition) is 6. The van der Waals surface area contributed by atoms with Gasteiger partial charge in [-0.05, 0) is 38.1 Å². The van der Waals surface area contributed by atoms with Gasteiger partial charge in [0.25, 0.3) is 5.91 Å². The summed E-state index contributed by atoms with van der Waals surface area (Å²) < 4.78 is 0.876. The molecule has 1 N–H and O–H groups in total. The lowest BCUT2D eigenvalue weighted by Gasteiger charge is -2.25. The summed E-state index contributed by atoms with van der Waals surface area (Å²) in [5.74, 6) is 0.731. The Morgan fingerprint density at radius 3 is 2.76 bits per heavy atom. The molecule has 3 rings (SSSR count). The number of anilines is 1. The van der Waals surface area contributed by atoms with E-state index in [9.17, 15) is 4.79 Å². The fourth-order valence-corrected chi connectivity index (χ4v) is 4.61. The van der Waals surface area contributed by atoms with Crippen LogP contribution in [-0.2, 0) is 0 Å². The lowest BCUT2D eigenvalue weighted by atomic mass is 10.1. The van der Waals surface area contributed by atoms with Crippen LogP contribution >= 0.6 is 47.1 Å². The van der Waals surface area contributed by atoms with Crippen LogP contribution in [0, 0.1) is 0 Å². The molecule has 0 aliphatic carbocycles. The first-order valence-corrected chi connectivity index (χ1v) is 10.1. The van der Waals surface area contributed by atoms with Crippen molar-refractivity contribution in [3.05, 3.63) is 34.9 Å². The number of carbonyl (C=O) groups excluding carboxylic acids is 1. The van der Waals surface area contributed by atoms with Crippen molar-refractivity contribution < 1.29 is 4.79 Å². The zero-order chi connectivity index (χ0) is 16.8. The minimum absolute atomic E-state index is 0. The van der Waals surface area contributed by atoms with Crippen LogP contribution in [0.2, 0.25) is 5.02 Å². The van der Waals surface area contributed by atoms with Gasteiger partial charge in [0.2, 0.25) is 5.13 Å². The Balaban J connectivity index is 0.00000225. The van der Waals surface area contributed by atoms with Gasteiger partial charge in [-0.2, -0.15) is 0 Å². The van der Waals surface area contributed by atoms with E-state index in [1.165, 1.54) is 43.7 Å². The average Bonchev–Trinajstić information content (AvgIpc) is 3.03. The maximum atomic E-state index is 12.2. The van der Waals surface area contributed by atoms with E-state index in [4.69, 9.17) is 11.6 Å². The topological polar surface area (TPSA) is 58.1 Å². The number of thioether (sulfide) groups is 1. The Labute approximate surface area is 167 Å². The third-order valence-corrected chi connectivity index (χ3v) is 6.11. The maximum absolute atomic E-state index is 12.2. The molecule has 1 aliphatic rings. The van der Waals surface area contributed by atoms with Crippen molar-refractivity contribution in [2.24, 2.45) is 0 Å². The number of nitrogens with one attached hydrogen (secondary N) is 1. The van der Waals surface area contributed by atoms with Crippen LogP contribution in [0.4, 0.5) is 5.13 Å². The van der Waals surface area contributed by atoms with E-state index in [1.807, 2.05) is 0 Å². The van der Waals surface area contributed by atoms with Gasteiger partial charge in [0.05, 0.1) is 10.6 Å². The highest BCUT2D eigenvalue weighted by Crippen LogP contribution is 2.26. The molecule has 1 amide bonds. The van der Waals surface area contributed by atoms with Crippen molar-refractivity contribution in [1.29, 1.82) is 0 Å². The Morgan fingerprint density at radius 2 is 2.00 bits per heavy atom. The number of aromatic nitrogens is 2. The average molecular weight is 419 g/mol. The molecular formula is C16H20Cl2N4OS2. The molecule has 1 fully saturated rings. The van der Waals surface area contributed by atoms with E-state index in [2.05, 4.69) is 20.4 Å². The predicted octanol–water partition coefficient (Wildman–Crippen LogP) is 4.44. The van der Waals surface area contributed by atoms with E-state index in [-0.39, 0.29) is 18.3 Å². The molecule has 25 heavy (non-hydrogen) atoms. The molecule has 5 nitrogen and oxygen atoms in total. The summed E-state index contributed by atoms with van der Waals surface area (Å²) in [7, 11) is 0. The highest BCUT2D eigenvalue weighted by molar-refractivity contribution is 8.01. The van der Waals surface area contributed by atoms with Gasteiger partial charge in [0, 0.05) is 12.3 Å². The molecule has 1 aromatic heterocycles. The van der Waals surface area contributed by atoms with Gasteiger partial charge >= 0.3 is 0 Å². The minimum atomic E-state index is -0.262. The predicted molar refractivity (Wildman–Crippen MR) is 108 cm³/mol. The van der Waals surface area contributed by atoms with Gasteiger partial charge in [-0.25, -0.2) is 0 Å². The zero-order valence-corrected chi connectivity index (χ0v) is 16.8. The minimum Gasteiger partial charge on any atom is -0.303 e. The number of halogens is 2. The van der Waals surface area contributed by atoms with Crippen molar-refractivity contribution in [2.75, 3.05) is 30.7 Å². The lowest BCUT2D eigenvalue weighted by molar-refractivity contribution is 0.102. The summed E-state index contributed by atoms with van der Waals surface area (Å²) in [6.07, 6.45) is 3.97. The molecule has 0 unspecified atom stereocenters. The fraction of sp³-hybridized carbons (Fsp3) is 0.438. The SMILES string of the molecule is Cl.O=C(Nc1nnc(SCCN2CCCCC2)s1)c1ccccc1Cl. The van der Waals surface area contributed by atoms with E-state index in [0.29, 0.717) is 15.7 Å². The van der Waals surface area contributed by atoms with E-state index in [1.54, 1.807) is 36.0 Å². The van der Waals surface area contributed by atoms with Gasteiger partial charge in [-0.3, -0.25) is 10.1 Å². The number of piperidine rings is 1. The molecule has 1 saturated heterocycles. The summed E-state index contributed by atoms with van der Waals surface area (Å²) >= 11 is 9.11. The molecule has 2 heterocycles. The van der Waals surface area contributed by atoms with Gasteiger partial charge in [0.1, 0.15) is 0 Å². The van der Waals surface area contributed by atoms with E-state index in [0.717, 1.165) is 16.6 Å². The van der Waals surface area contributed by atoms with Crippen molar-refractivity contribution in [2.45, 2.75) is 23.6 Å². The Morgan fingerprint density at radius 1 is 1.24 bits per heavy atom. The quantitative estimate of drug-likeness (QED) is 0.554. The molecule has 9 heteroatoms. The molecular weight excluding hydrogens is 399 g/mol. The first-order valence-electron chi connectivity index (χ1n) is 7.97. The Kier molecular flexibility index (Phi) is 8.45. The highest BCUT2D eigenvalue weighted by Gasteiger charge is 2.14. The summed E-state index contributed by atoms with van der Waals surface area (Å²) in [6.45, 7) is 3.48. The lowest BCUT2D eigenvalue weighted by Crippen LogP contribution is -2.31. The molecule has 0 bridgehead atoms. The summed E-state index contributed by atoms with van der Waals surface area (Å²) in [4.78, 5) is 14.7. The van der Waals surface area contributed by atoms with E-state index < -0.39 is 0 Å². The third kappa shape index (κ3) is 6.11. The van der Waals surface area contributed by atoms with Crippen LogP contribution in [0.25, 0.3) is 0 Å². The van der Waals surface area contributed by atoms with Crippen molar-refractivity contribution in [3.8, 4) is 0 Å². The van der Waals surface area contributed by atoms with Crippen LogP contribution in [0.5, 0.6) is 0 Å². The summed E-state index contributed by atoms with van der Waals surface area (Å²) in [5, 5.41) is 11.9. The number of rotatable bonds is 6. The second kappa shape index (κ2) is 10.3. The zero-order valence-electron chi connectivity index (χ0n) is 13.6. The Bertz CT molecular complexity index is 692. The van der Waals surface area contributed by atoms with Gasteiger partial charge in [0.15, 0.2) is 4.34 Å². The van der Waals surface area contributed by atoms with Crippen LogP contribution in [0.3, 0.4) is 0 Å². The molecule has 136 valence electrons. The molecule has 0 saturated carbocycles. The standard InChI is InChI=1S/C16H19ClN4OS2.ClH/c17-13-7-3-2-6-12(13)14(22)18-15-19-20-16(24-15)23-11-10-21-8-4-1-5-9-21;/h2-3,6-7H,1,4-5,8-11H2,(H,18,19,22);1H.